The number of halogens is 3. The smallest absolute Gasteiger partial charge is 0.260 e. The number of carbonyl (C=O) groups excluding carboxylic acids is 2. The second kappa shape index (κ2) is 9.87. The van der Waals surface area contributed by atoms with E-state index in [1.165, 1.54) is 5.56 Å². The molecule has 2 aromatic rings. The van der Waals surface area contributed by atoms with Crippen LogP contribution in [0.5, 0.6) is 5.75 Å². The average molecular weight is 531 g/mol. The second-order valence-electron chi connectivity index (χ2n) is 6.50. The van der Waals surface area contributed by atoms with Gasteiger partial charge in [-0.25, -0.2) is 0 Å². The Bertz CT molecular complexity index is 830. The SMILES string of the molecule is O=Cc1cc(Br)c(OCC(=O)N2CCN(Cc3ccc(Cl)cc3)CC2)c(Br)c1. The number of rotatable bonds is 6. The normalized spacial score (nSPS) is 14.8. The van der Waals surface area contributed by atoms with E-state index >= 15 is 0 Å². The number of hydrogen-bond acceptors (Lipinski definition) is 4. The summed E-state index contributed by atoms with van der Waals surface area (Å²) < 4.78 is 6.95. The summed E-state index contributed by atoms with van der Waals surface area (Å²) in [6.45, 7) is 3.77. The highest BCUT2D eigenvalue weighted by atomic mass is 79.9. The molecule has 1 aliphatic rings. The molecule has 1 aliphatic heterocycles. The van der Waals surface area contributed by atoms with Gasteiger partial charge in [-0.1, -0.05) is 23.7 Å². The van der Waals surface area contributed by atoms with Crippen molar-refractivity contribution in [3.8, 4) is 5.75 Å². The molecule has 1 fully saturated rings. The monoisotopic (exact) mass is 528 g/mol. The third-order valence-corrected chi connectivity index (χ3v) is 5.97. The summed E-state index contributed by atoms with van der Waals surface area (Å²) in [5.74, 6) is 0.463. The minimum atomic E-state index is -0.0515. The molecule has 1 heterocycles. The molecule has 1 amide bonds. The van der Waals surface area contributed by atoms with Crippen LogP contribution in [0.25, 0.3) is 0 Å². The third-order valence-electron chi connectivity index (χ3n) is 4.54. The molecule has 0 spiro atoms. The standard InChI is InChI=1S/C20H19Br2ClN2O3/c21-17-9-15(12-26)10-18(22)20(17)28-13-19(27)25-7-5-24(6-8-25)11-14-1-3-16(23)4-2-14/h1-4,9-10,12H,5-8,11,13H2. The van der Waals surface area contributed by atoms with Crippen LogP contribution in [0.3, 0.4) is 0 Å². The fraction of sp³-hybridized carbons (Fsp3) is 0.300. The first kappa shape index (κ1) is 21.3. The highest BCUT2D eigenvalue weighted by Crippen LogP contribution is 2.34. The number of amides is 1. The summed E-state index contributed by atoms with van der Waals surface area (Å²) in [5, 5.41) is 0.734. The summed E-state index contributed by atoms with van der Waals surface area (Å²) in [7, 11) is 0. The van der Waals surface area contributed by atoms with Crippen LogP contribution in [-0.4, -0.2) is 54.8 Å². The molecule has 0 bridgehead atoms. The summed E-state index contributed by atoms with van der Waals surface area (Å²) in [4.78, 5) is 27.5. The first-order chi connectivity index (χ1) is 13.5. The van der Waals surface area contributed by atoms with Crippen LogP contribution >= 0.6 is 43.5 Å². The Hall–Kier alpha value is -1.41. The molecule has 5 nitrogen and oxygen atoms in total. The maximum atomic E-state index is 12.5. The van der Waals surface area contributed by atoms with Crippen molar-refractivity contribution in [2.45, 2.75) is 6.54 Å². The van der Waals surface area contributed by atoms with Gasteiger partial charge in [0, 0.05) is 43.3 Å². The Balaban J connectivity index is 1.49. The fourth-order valence-corrected chi connectivity index (χ4v) is 4.59. The molecule has 0 aliphatic carbocycles. The highest BCUT2D eigenvalue weighted by molar-refractivity contribution is 9.11. The Labute approximate surface area is 185 Å². The minimum Gasteiger partial charge on any atom is -0.481 e. The zero-order valence-electron chi connectivity index (χ0n) is 15.0. The molecule has 0 aromatic heterocycles. The Kier molecular flexibility index (Phi) is 7.51. The molecule has 0 saturated carbocycles. The maximum absolute atomic E-state index is 12.5. The van der Waals surface area contributed by atoms with E-state index in [9.17, 15) is 9.59 Å². The van der Waals surface area contributed by atoms with E-state index in [1.807, 2.05) is 29.2 Å². The Morgan fingerprint density at radius 3 is 2.25 bits per heavy atom. The molecule has 148 valence electrons. The van der Waals surface area contributed by atoms with Gasteiger partial charge in [-0.05, 0) is 61.7 Å². The number of hydrogen-bond donors (Lipinski definition) is 0. The van der Waals surface area contributed by atoms with Crippen LogP contribution in [0.4, 0.5) is 0 Å². The van der Waals surface area contributed by atoms with Crippen LogP contribution in [-0.2, 0) is 11.3 Å². The lowest BCUT2D eigenvalue weighted by Crippen LogP contribution is -2.49. The number of nitrogens with zero attached hydrogens (tertiary/aromatic N) is 2. The van der Waals surface area contributed by atoms with Crippen LogP contribution in [0, 0.1) is 0 Å². The minimum absolute atomic E-state index is 0.0468. The van der Waals surface area contributed by atoms with E-state index in [2.05, 4.69) is 36.8 Å². The molecule has 28 heavy (non-hydrogen) atoms. The van der Waals surface area contributed by atoms with Crippen molar-refractivity contribution in [2.75, 3.05) is 32.8 Å². The number of piperazine rings is 1. The van der Waals surface area contributed by atoms with Gasteiger partial charge in [0.2, 0.25) is 0 Å². The first-order valence-electron chi connectivity index (χ1n) is 8.78. The molecular weight excluding hydrogens is 511 g/mol. The summed E-state index contributed by atoms with van der Waals surface area (Å²) in [6, 6.07) is 11.2. The van der Waals surface area contributed by atoms with Crippen LogP contribution in [0.1, 0.15) is 15.9 Å². The number of benzene rings is 2. The molecule has 0 radical (unpaired) electrons. The predicted molar refractivity (Wildman–Crippen MR) is 116 cm³/mol. The van der Waals surface area contributed by atoms with Gasteiger partial charge in [0.1, 0.15) is 12.0 Å². The van der Waals surface area contributed by atoms with Gasteiger partial charge in [-0.3, -0.25) is 14.5 Å². The number of carbonyl (C=O) groups is 2. The van der Waals surface area contributed by atoms with Gasteiger partial charge in [0.25, 0.3) is 5.91 Å². The summed E-state index contributed by atoms with van der Waals surface area (Å²) in [5.41, 5.74) is 1.73. The molecule has 1 saturated heterocycles. The molecule has 0 N–H and O–H groups in total. The number of ether oxygens (including phenoxy) is 1. The number of aldehydes is 1. The quantitative estimate of drug-likeness (QED) is 0.520. The van der Waals surface area contributed by atoms with E-state index in [0.29, 0.717) is 33.3 Å². The molecule has 0 atom stereocenters. The molecule has 8 heteroatoms. The molecule has 2 aromatic carbocycles. The highest BCUT2D eigenvalue weighted by Gasteiger charge is 2.22. The maximum Gasteiger partial charge on any atom is 0.260 e. The fourth-order valence-electron chi connectivity index (χ4n) is 3.01. The van der Waals surface area contributed by atoms with E-state index in [0.717, 1.165) is 30.9 Å². The van der Waals surface area contributed by atoms with Crippen LogP contribution in [0.2, 0.25) is 5.02 Å². The lowest BCUT2D eigenvalue weighted by atomic mass is 10.2. The van der Waals surface area contributed by atoms with E-state index in [1.54, 1.807) is 12.1 Å². The predicted octanol–water partition coefficient (Wildman–Crippen LogP) is 4.40. The lowest BCUT2D eigenvalue weighted by molar-refractivity contribution is -0.135. The van der Waals surface area contributed by atoms with Crippen molar-refractivity contribution in [3.63, 3.8) is 0 Å². The van der Waals surface area contributed by atoms with Crippen molar-refractivity contribution in [3.05, 3.63) is 61.5 Å². The third kappa shape index (κ3) is 5.56. The summed E-state index contributed by atoms with van der Waals surface area (Å²) >= 11 is 12.7. The summed E-state index contributed by atoms with van der Waals surface area (Å²) in [6.07, 6.45) is 0.758. The van der Waals surface area contributed by atoms with E-state index < -0.39 is 0 Å². The molecular formula is C20H19Br2ClN2O3. The van der Waals surface area contributed by atoms with Crippen LogP contribution < -0.4 is 4.74 Å². The van der Waals surface area contributed by atoms with Gasteiger partial charge >= 0.3 is 0 Å². The van der Waals surface area contributed by atoms with Crippen molar-refractivity contribution in [1.29, 1.82) is 0 Å². The molecule has 3 rings (SSSR count). The molecule has 0 unspecified atom stereocenters. The van der Waals surface area contributed by atoms with Gasteiger partial charge in [0.05, 0.1) is 8.95 Å². The van der Waals surface area contributed by atoms with Gasteiger partial charge < -0.3 is 9.64 Å². The zero-order valence-corrected chi connectivity index (χ0v) is 19.0. The van der Waals surface area contributed by atoms with Crippen molar-refractivity contribution < 1.29 is 14.3 Å². The van der Waals surface area contributed by atoms with Crippen molar-refractivity contribution >= 4 is 55.7 Å². The van der Waals surface area contributed by atoms with Crippen molar-refractivity contribution in [2.24, 2.45) is 0 Å². The zero-order chi connectivity index (χ0) is 20.1. The van der Waals surface area contributed by atoms with Gasteiger partial charge in [0.15, 0.2) is 6.61 Å². The van der Waals surface area contributed by atoms with Crippen molar-refractivity contribution in [1.82, 2.24) is 9.80 Å². The Morgan fingerprint density at radius 2 is 1.68 bits per heavy atom. The average Bonchev–Trinajstić information content (AvgIpc) is 2.69. The largest absolute Gasteiger partial charge is 0.481 e. The van der Waals surface area contributed by atoms with E-state index in [4.69, 9.17) is 16.3 Å². The van der Waals surface area contributed by atoms with Gasteiger partial charge in [-0.15, -0.1) is 0 Å². The Morgan fingerprint density at radius 1 is 1.07 bits per heavy atom. The topological polar surface area (TPSA) is 49.9 Å². The lowest BCUT2D eigenvalue weighted by Gasteiger charge is -2.34. The van der Waals surface area contributed by atoms with Gasteiger partial charge in [-0.2, -0.15) is 0 Å². The first-order valence-corrected chi connectivity index (χ1v) is 10.7. The van der Waals surface area contributed by atoms with E-state index in [-0.39, 0.29) is 12.5 Å². The second-order valence-corrected chi connectivity index (χ2v) is 8.65. The van der Waals surface area contributed by atoms with Crippen LogP contribution in [0.15, 0.2) is 45.3 Å².